The zero-order chi connectivity index (χ0) is 8.77. The predicted molar refractivity (Wildman–Crippen MR) is 42.8 cm³/mol. The average Bonchev–Trinajstić information content (AvgIpc) is 2.25. The average molecular weight is 185 g/mol. The van der Waals surface area contributed by atoms with Gasteiger partial charge in [-0.15, -0.1) is 0 Å². The van der Waals surface area contributed by atoms with E-state index in [1.807, 2.05) is 0 Å². The molecule has 1 aromatic rings. The molecule has 0 amide bonds. The van der Waals surface area contributed by atoms with Crippen molar-refractivity contribution in [1.82, 2.24) is 0 Å². The summed E-state index contributed by atoms with van der Waals surface area (Å²) in [6.07, 6.45) is 0. The van der Waals surface area contributed by atoms with Crippen LogP contribution in [0.5, 0.6) is 0 Å². The topological polar surface area (TPSA) is 57.6 Å². The molecular weight excluding hydrogens is 178 g/mol. The van der Waals surface area contributed by atoms with Gasteiger partial charge in [0.1, 0.15) is 0 Å². The summed E-state index contributed by atoms with van der Waals surface area (Å²) >= 11 is 0. The van der Waals surface area contributed by atoms with Gasteiger partial charge in [0.15, 0.2) is 5.88 Å². The second-order valence-corrected chi connectivity index (χ2v) is 4.54. The predicted octanol–water partition coefficient (Wildman–Crippen LogP) is 0.627. The van der Waals surface area contributed by atoms with Gasteiger partial charge in [-0.25, -0.2) is 13.5 Å². The summed E-state index contributed by atoms with van der Waals surface area (Å²) in [5.74, 6) is -0.341. The highest BCUT2D eigenvalue weighted by Gasteiger charge is 2.30. The fourth-order valence-electron chi connectivity index (χ4n) is 1.23. The Morgan fingerprint density at radius 2 is 2.00 bits per heavy atom. The summed E-state index contributed by atoms with van der Waals surface area (Å²) in [6, 6.07) is 6.37. The molecule has 2 rings (SSSR count). The van der Waals surface area contributed by atoms with Gasteiger partial charge in [0, 0.05) is 0 Å². The van der Waals surface area contributed by atoms with Crippen LogP contribution in [-0.4, -0.2) is 19.5 Å². The second kappa shape index (κ2) is 2.21. The van der Waals surface area contributed by atoms with Crippen LogP contribution in [0.25, 0.3) is 0 Å². The first kappa shape index (κ1) is 7.57. The minimum atomic E-state index is -3.28. The minimum absolute atomic E-state index is 0.201. The van der Waals surface area contributed by atoms with Crippen molar-refractivity contribution in [3.8, 4) is 0 Å². The van der Waals surface area contributed by atoms with Gasteiger partial charge in [-0.05, 0) is 12.1 Å². The maximum absolute atomic E-state index is 11.3. The molecule has 0 fully saturated rings. The molecule has 0 aromatic heterocycles. The van der Waals surface area contributed by atoms with Crippen LogP contribution in [0, 0.1) is 0 Å². The number of hydroxylamine groups is 1. The lowest BCUT2D eigenvalue weighted by molar-refractivity contribution is 0.274. The molecule has 4 nitrogen and oxygen atoms in total. The lowest BCUT2D eigenvalue weighted by Crippen LogP contribution is -2.17. The van der Waals surface area contributed by atoms with Gasteiger partial charge in [-0.2, -0.15) is 0 Å². The monoisotopic (exact) mass is 185 g/mol. The molecule has 12 heavy (non-hydrogen) atoms. The number of hydrogen-bond donors (Lipinski definition) is 1. The van der Waals surface area contributed by atoms with Crippen molar-refractivity contribution in [3.63, 3.8) is 0 Å². The Morgan fingerprint density at radius 3 is 2.67 bits per heavy atom. The molecule has 5 heteroatoms. The number of sulfone groups is 1. The van der Waals surface area contributed by atoms with Crippen LogP contribution in [0.15, 0.2) is 29.2 Å². The zero-order valence-corrected chi connectivity index (χ0v) is 6.95. The van der Waals surface area contributed by atoms with Crippen molar-refractivity contribution in [2.24, 2.45) is 0 Å². The maximum Gasteiger partial charge on any atom is 0.201 e. The summed E-state index contributed by atoms with van der Waals surface area (Å²) in [7, 11) is -3.28. The van der Waals surface area contributed by atoms with Gasteiger partial charge >= 0.3 is 0 Å². The first-order chi connectivity index (χ1) is 5.61. The number of benzene rings is 1. The Morgan fingerprint density at radius 1 is 1.33 bits per heavy atom. The third-order valence-electron chi connectivity index (χ3n) is 1.77. The molecule has 0 radical (unpaired) electrons. The quantitative estimate of drug-likeness (QED) is 0.644. The molecule has 0 spiro atoms. The molecule has 1 heterocycles. The number of anilines is 1. The number of hydrogen-bond acceptors (Lipinski definition) is 4. The number of nitrogens with zero attached hydrogens (tertiary/aromatic N) is 1. The van der Waals surface area contributed by atoms with Gasteiger partial charge in [-0.3, -0.25) is 5.21 Å². The van der Waals surface area contributed by atoms with Crippen LogP contribution >= 0.6 is 0 Å². The van der Waals surface area contributed by atoms with E-state index < -0.39 is 9.84 Å². The van der Waals surface area contributed by atoms with Gasteiger partial charge in [-0.1, -0.05) is 12.1 Å². The van der Waals surface area contributed by atoms with Crippen molar-refractivity contribution in [2.45, 2.75) is 4.90 Å². The fraction of sp³-hybridized carbons (Fsp3) is 0.143. The van der Waals surface area contributed by atoms with Crippen molar-refractivity contribution in [2.75, 3.05) is 10.9 Å². The molecule has 0 unspecified atom stereocenters. The van der Waals surface area contributed by atoms with Crippen LogP contribution in [0.4, 0.5) is 5.69 Å². The highest BCUT2D eigenvalue weighted by Crippen LogP contribution is 2.31. The molecule has 1 aliphatic heterocycles. The molecule has 1 N–H and O–H groups in total. The maximum atomic E-state index is 11.3. The van der Waals surface area contributed by atoms with Crippen LogP contribution < -0.4 is 5.06 Å². The smallest absolute Gasteiger partial charge is 0.201 e. The molecule has 64 valence electrons. The Balaban J connectivity index is 2.74. The van der Waals surface area contributed by atoms with Crippen molar-refractivity contribution < 1.29 is 13.6 Å². The van der Waals surface area contributed by atoms with Gasteiger partial charge in [0.05, 0.1) is 10.6 Å². The lowest BCUT2D eigenvalue weighted by atomic mass is 10.3. The lowest BCUT2D eigenvalue weighted by Gasteiger charge is -2.05. The molecule has 0 saturated carbocycles. The van der Waals surface area contributed by atoms with Gasteiger partial charge < -0.3 is 0 Å². The fourth-order valence-corrected chi connectivity index (χ4v) is 2.61. The van der Waals surface area contributed by atoms with E-state index in [2.05, 4.69) is 0 Å². The Labute approximate surface area is 69.9 Å². The van der Waals surface area contributed by atoms with E-state index in [9.17, 15) is 13.6 Å². The summed E-state index contributed by atoms with van der Waals surface area (Å²) in [4.78, 5) is 0.201. The van der Waals surface area contributed by atoms with Crippen molar-refractivity contribution >= 4 is 15.5 Å². The van der Waals surface area contributed by atoms with Crippen LogP contribution in [0.1, 0.15) is 0 Å². The van der Waals surface area contributed by atoms with Crippen LogP contribution in [0.2, 0.25) is 0 Å². The molecule has 0 atom stereocenters. The van der Waals surface area contributed by atoms with E-state index in [1.165, 1.54) is 6.07 Å². The summed E-state index contributed by atoms with van der Waals surface area (Å²) in [5.41, 5.74) is 0.359. The molecular formula is C7H7NO3S. The third kappa shape index (κ3) is 0.904. The summed E-state index contributed by atoms with van der Waals surface area (Å²) in [6.45, 7) is 0. The molecule has 0 bridgehead atoms. The SMILES string of the molecule is O=S1(=O)CN(O)c2ccccc21. The molecule has 0 aliphatic carbocycles. The number of rotatable bonds is 0. The van der Waals surface area contributed by atoms with Crippen molar-refractivity contribution in [3.05, 3.63) is 24.3 Å². The van der Waals surface area contributed by atoms with Gasteiger partial charge in [0.25, 0.3) is 0 Å². The zero-order valence-electron chi connectivity index (χ0n) is 6.14. The first-order valence-electron chi connectivity index (χ1n) is 3.39. The summed E-state index contributed by atoms with van der Waals surface area (Å²) in [5, 5.41) is 9.91. The molecule has 1 aromatic carbocycles. The van der Waals surface area contributed by atoms with E-state index in [4.69, 9.17) is 0 Å². The van der Waals surface area contributed by atoms with Crippen molar-refractivity contribution in [1.29, 1.82) is 0 Å². The number of fused-ring (bicyclic) bond motifs is 1. The summed E-state index contributed by atoms with van der Waals surface area (Å²) < 4.78 is 22.5. The Hall–Kier alpha value is -1.07. The van der Waals surface area contributed by atoms with E-state index in [0.29, 0.717) is 5.69 Å². The second-order valence-electron chi connectivity index (χ2n) is 2.61. The highest BCUT2D eigenvalue weighted by atomic mass is 32.2. The van der Waals surface area contributed by atoms with Crippen LogP contribution in [0.3, 0.4) is 0 Å². The molecule has 1 aliphatic rings. The largest absolute Gasteiger partial charge is 0.287 e. The normalized spacial score (nSPS) is 19.2. The van der Waals surface area contributed by atoms with E-state index in [1.54, 1.807) is 18.2 Å². The highest BCUT2D eigenvalue weighted by molar-refractivity contribution is 7.92. The molecule has 0 saturated heterocycles. The minimum Gasteiger partial charge on any atom is -0.287 e. The Bertz CT molecular complexity index is 412. The standard InChI is InChI=1S/C7H7NO3S/c9-8-5-12(10,11)7-4-2-1-3-6(7)8/h1-4,9H,5H2. The van der Waals surface area contributed by atoms with E-state index in [0.717, 1.165) is 5.06 Å². The van der Waals surface area contributed by atoms with E-state index >= 15 is 0 Å². The van der Waals surface area contributed by atoms with Crippen LogP contribution in [-0.2, 0) is 9.84 Å². The van der Waals surface area contributed by atoms with Gasteiger partial charge in [0.2, 0.25) is 9.84 Å². The first-order valence-corrected chi connectivity index (χ1v) is 5.05. The number of para-hydroxylation sites is 1. The Kier molecular flexibility index (Phi) is 1.39. The third-order valence-corrected chi connectivity index (χ3v) is 3.37. The van der Waals surface area contributed by atoms with E-state index in [-0.39, 0.29) is 10.8 Å².